The molecule has 1 aliphatic rings. The minimum Gasteiger partial charge on any atom is -0.344 e. The van der Waals surface area contributed by atoms with Crippen molar-refractivity contribution in [2.45, 2.75) is 0 Å². The number of aromatic amines is 1. The summed E-state index contributed by atoms with van der Waals surface area (Å²) in [6.07, 6.45) is 4.83. The molecule has 0 unspecified atom stereocenters. The van der Waals surface area contributed by atoms with Gasteiger partial charge < -0.3 is 10.4 Å². The number of H-pyrrole nitrogens is 1. The number of hydrogen-bond donors (Lipinski definition) is 3. The molecule has 0 aromatic carbocycles. The van der Waals surface area contributed by atoms with Gasteiger partial charge in [-0.2, -0.15) is 4.98 Å². The quantitative estimate of drug-likeness (QED) is 0.473. The van der Waals surface area contributed by atoms with Crippen LogP contribution in [0.5, 0.6) is 0 Å². The number of fused-ring (bicyclic) bond motifs is 1. The van der Waals surface area contributed by atoms with E-state index >= 15 is 0 Å². The molecule has 2 rings (SSSR count). The van der Waals surface area contributed by atoms with E-state index in [1.165, 1.54) is 6.33 Å². The van der Waals surface area contributed by atoms with Crippen molar-refractivity contribution in [3.63, 3.8) is 0 Å². The lowest BCUT2D eigenvalue weighted by molar-refractivity contribution is 0.993. The van der Waals surface area contributed by atoms with Crippen molar-refractivity contribution in [1.29, 1.82) is 0 Å². The van der Waals surface area contributed by atoms with Gasteiger partial charge in [-0.3, -0.25) is 10.2 Å². The summed E-state index contributed by atoms with van der Waals surface area (Å²) in [5, 5.41) is 0. The van der Waals surface area contributed by atoms with Crippen LogP contribution in [0.15, 0.2) is 17.3 Å². The van der Waals surface area contributed by atoms with Crippen LogP contribution in [0, 0.1) is 0 Å². The second-order valence-corrected chi connectivity index (χ2v) is 2.10. The van der Waals surface area contributed by atoms with E-state index in [1.807, 2.05) is 0 Å². The van der Waals surface area contributed by atoms with Crippen LogP contribution in [0.2, 0.25) is 0 Å². The summed E-state index contributed by atoms with van der Waals surface area (Å²) >= 11 is 0. The molecule has 0 atom stereocenters. The SMILES string of the molecule is O=c1nc[nH]c2c1NNC=C2. The molecule has 0 amide bonds. The van der Waals surface area contributed by atoms with Crippen LogP contribution in [0.3, 0.4) is 0 Å². The Kier molecular flexibility index (Phi) is 1.15. The number of aromatic nitrogens is 2. The zero-order valence-electron chi connectivity index (χ0n) is 5.59. The maximum Gasteiger partial charge on any atom is 0.298 e. The Morgan fingerprint density at radius 1 is 1.45 bits per heavy atom. The monoisotopic (exact) mass is 150 g/mol. The highest BCUT2D eigenvalue weighted by molar-refractivity contribution is 5.63. The second-order valence-electron chi connectivity index (χ2n) is 2.10. The standard InChI is InChI=1S/C6H6N4O/c11-6-5-4(7-3-8-6)1-2-9-10-5/h1-3,9-10H,(H,7,8,11). The normalized spacial score (nSPS) is 13.1. The van der Waals surface area contributed by atoms with Gasteiger partial charge in [-0.1, -0.05) is 0 Å². The van der Waals surface area contributed by atoms with E-state index in [9.17, 15) is 4.79 Å². The fourth-order valence-electron chi connectivity index (χ4n) is 0.903. The van der Waals surface area contributed by atoms with Gasteiger partial charge in [-0.15, -0.1) is 0 Å². The first-order valence-corrected chi connectivity index (χ1v) is 3.14. The molecule has 0 saturated carbocycles. The summed E-state index contributed by atoms with van der Waals surface area (Å²) in [7, 11) is 0. The molecule has 0 spiro atoms. The topological polar surface area (TPSA) is 69.8 Å². The van der Waals surface area contributed by atoms with Gasteiger partial charge in [0.05, 0.1) is 12.0 Å². The molecule has 5 heteroatoms. The molecule has 56 valence electrons. The lowest BCUT2D eigenvalue weighted by atomic mass is 10.3. The molecule has 3 N–H and O–H groups in total. The average molecular weight is 150 g/mol. The lowest BCUT2D eigenvalue weighted by Crippen LogP contribution is -2.26. The number of nitrogens with one attached hydrogen (secondary N) is 3. The molecule has 1 aromatic rings. The molecule has 0 aliphatic carbocycles. The zero-order chi connectivity index (χ0) is 7.68. The number of anilines is 1. The van der Waals surface area contributed by atoms with Crippen molar-refractivity contribution in [2.75, 3.05) is 5.43 Å². The Bertz CT molecular complexity index is 354. The first-order chi connectivity index (χ1) is 5.38. The van der Waals surface area contributed by atoms with Crippen molar-refractivity contribution < 1.29 is 0 Å². The fraction of sp³-hybridized carbons (Fsp3) is 0. The predicted molar refractivity (Wildman–Crippen MR) is 40.7 cm³/mol. The predicted octanol–water partition coefficient (Wildman–Crippen LogP) is -0.329. The molecule has 1 aliphatic heterocycles. The Labute approximate surface area is 62.1 Å². The number of rotatable bonds is 0. The molecular weight excluding hydrogens is 144 g/mol. The van der Waals surface area contributed by atoms with E-state index in [1.54, 1.807) is 12.3 Å². The van der Waals surface area contributed by atoms with E-state index in [0.29, 0.717) is 5.69 Å². The molecule has 2 heterocycles. The Balaban J connectivity index is 2.69. The average Bonchev–Trinajstić information content (AvgIpc) is 2.06. The largest absolute Gasteiger partial charge is 0.344 e. The number of hydrazine groups is 1. The zero-order valence-corrected chi connectivity index (χ0v) is 5.59. The van der Waals surface area contributed by atoms with Crippen molar-refractivity contribution >= 4 is 11.8 Å². The van der Waals surface area contributed by atoms with E-state index in [4.69, 9.17) is 0 Å². The minimum atomic E-state index is -0.268. The highest BCUT2D eigenvalue weighted by Crippen LogP contribution is 2.08. The van der Waals surface area contributed by atoms with Crippen LogP contribution >= 0.6 is 0 Å². The van der Waals surface area contributed by atoms with Gasteiger partial charge in [0, 0.05) is 6.20 Å². The Morgan fingerprint density at radius 2 is 2.36 bits per heavy atom. The van der Waals surface area contributed by atoms with Gasteiger partial charge in [-0.05, 0) is 6.08 Å². The summed E-state index contributed by atoms with van der Waals surface area (Å²) in [6, 6.07) is 0. The third kappa shape index (κ3) is 0.861. The number of hydrogen-bond acceptors (Lipinski definition) is 4. The van der Waals surface area contributed by atoms with Crippen LogP contribution in [0.1, 0.15) is 5.69 Å². The number of nitrogens with zero attached hydrogens (tertiary/aromatic N) is 1. The van der Waals surface area contributed by atoms with Gasteiger partial charge in [0.15, 0.2) is 0 Å². The second kappa shape index (κ2) is 2.12. The van der Waals surface area contributed by atoms with Crippen LogP contribution in [-0.4, -0.2) is 9.97 Å². The smallest absolute Gasteiger partial charge is 0.298 e. The molecule has 5 nitrogen and oxygen atoms in total. The molecule has 0 radical (unpaired) electrons. The Hall–Kier alpha value is -1.78. The van der Waals surface area contributed by atoms with Gasteiger partial charge >= 0.3 is 0 Å². The van der Waals surface area contributed by atoms with Gasteiger partial charge in [0.1, 0.15) is 5.69 Å². The fourth-order valence-corrected chi connectivity index (χ4v) is 0.903. The Morgan fingerprint density at radius 3 is 3.18 bits per heavy atom. The third-order valence-electron chi connectivity index (χ3n) is 1.42. The summed E-state index contributed by atoms with van der Waals surface area (Å²) < 4.78 is 0. The minimum absolute atomic E-state index is 0.268. The van der Waals surface area contributed by atoms with Crippen molar-refractivity contribution in [3.05, 3.63) is 28.6 Å². The molecule has 0 saturated heterocycles. The van der Waals surface area contributed by atoms with Gasteiger partial charge in [0.25, 0.3) is 5.56 Å². The molecule has 11 heavy (non-hydrogen) atoms. The van der Waals surface area contributed by atoms with E-state index < -0.39 is 0 Å². The summed E-state index contributed by atoms with van der Waals surface area (Å²) in [5.74, 6) is 0. The highest BCUT2D eigenvalue weighted by atomic mass is 16.1. The van der Waals surface area contributed by atoms with Crippen LogP contribution in [0.4, 0.5) is 5.69 Å². The molecular formula is C6H6N4O. The van der Waals surface area contributed by atoms with E-state index in [0.717, 1.165) is 5.69 Å². The first-order valence-electron chi connectivity index (χ1n) is 3.14. The maximum absolute atomic E-state index is 11.0. The maximum atomic E-state index is 11.0. The lowest BCUT2D eigenvalue weighted by Gasteiger charge is -2.11. The van der Waals surface area contributed by atoms with Crippen LogP contribution in [0.25, 0.3) is 6.08 Å². The summed E-state index contributed by atoms with van der Waals surface area (Å²) in [5.41, 5.74) is 6.30. The third-order valence-corrected chi connectivity index (χ3v) is 1.42. The molecule has 1 aromatic heterocycles. The van der Waals surface area contributed by atoms with E-state index in [-0.39, 0.29) is 5.56 Å². The van der Waals surface area contributed by atoms with Crippen molar-refractivity contribution in [1.82, 2.24) is 15.4 Å². The first kappa shape index (κ1) is 5.96. The summed E-state index contributed by atoms with van der Waals surface area (Å²) in [4.78, 5) is 17.4. The van der Waals surface area contributed by atoms with Crippen molar-refractivity contribution in [3.8, 4) is 0 Å². The van der Waals surface area contributed by atoms with Crippen molar-refractivity contribution in [2.24, 2.45) is 0 Å². The molecule has 0 bridgehead atoms. The van der Waals surface area contributed by atoms with Gasteiger partial charge in [0.2, 0.25) is 0 Å². The summed E-state index contributed by atoms with van der Waals surface area (Å²) in [6.45, 7) is 0. The van der Waals surface area contributed by atoms with Gasteiger partial charge in [-0.25, -0.2) is 0 Å². The van der Waals surface area contributed by atoms with E-state index in [2.05, 4.69) is 20.8 Å². The highest BCUT2D eigenvalue weighted by Gasteiger charge is 2.06. The van der Waals surface area contributed by atoms with Crippen LogP contribution < -0.4 is 16.4 Å². The molecule has 0 fully saturated rings. The van der Waals surface area contributed by atoms with Crippen LogP contribution in [-0.2, 0) is 0 Å².